The summed E-state index contributed by atoms with van der Waals surface area (Å²) in [5.74, 6) is 0.802. The number of benzene rings is 1. The van der Waals surface area contributed by atoms with Crippen molar-refractivity contribution in [2.45, 2.75) is 45.6 Å². The van der Waals surface area contributed by atoms with Crippen molar-refractivity contribution >= 4 is 11.8 Å². The van der Waals surface area contributed by atoms with Crippen LogP contribution in [0.4, 0.5) is 0 Å². The molecule has 3 rings (SSSR count). The molecule has 2 N–H and O–H groups in total. The van der Waals surface area contributed by atoms with Crippen molar-refractivity contribution in [3.8, 4) is 0 Å². The van der Waals surface area contributed by atoms with Crippen LogP contribution in [0.25, 0.3) is 0 Å². The highest BCUT2D eigenvalue weighted by molar-refractivity contribution is 5.81. The van der Waals surface area contributed by atoms with Gasteiger partial charge in [-0.05, 0) is 37.2 Å². The predicted octanol–water partition coefficient (Wildman–Crippen LogP) is 2.82. The van der Waals surface area contributed by atoms with Crippen molar-refractivity contribution in [2.24, 2.45) is 23.5 Å². The number of likely N-dealkylation sites (tertiary alicyclic amines) is 2. The van der Waals surface area contributed by atoms with Crippen LogP contribution in [0.5, 0.6) is 0 Å². The summed E-state index contributed by atoms with van der Waals surface area (Å²) in [6.45, 7) is 7.23. The van der Waals surface area contributed by atoms with E-state index in [1.807, 2.05) is 47.1 Å². The lowest BCUT2D eigenvalue weighted by Crippen LogP contribution is -2.48. The van der Waals surface area contributed by atoms with Crippen LogP contribution in [-0.2, 0) is 9.59 Å². The minimum absolute atomic E-state index is 0.0671. The van der Waals surface area contributed by atoms with Crippen LogP contribution in [0, 0.1) is 17.8 Å². The fraction of sp³-hybridized carbons (Fsp3) is 0.636. The van der Waals surface area contributed by atoms with Crippen LogP contribution in [0.3, 0.4) is 0 Å². The van der Waals surface area contributed by atoms with Gasteiger partial charge in [0.25, 0.3) is 0 Å². The standard InChI is InChI=1S/C22H33N3O2/c1-16-7-6-12-25(15-16)22(27)19-10-13-24(14-11-19)21(26)17(2)20(23)18-8-4-3-5-9-18/h3-5,8-9,16-17,19-20H,6-7,10-15,23H2,1-2H3. The second-order valence-electron chi connectivity index (χ2n) is 8.36. The van der Waals surface area contributed by atoms with Gasteiger partial charge in [-0.3, -0.25) is 9.59 Å². The minimum atomic E-state index is -0.298. The number of rotatable bonds is 4. The summed E-state index contributed by atoms with van der Waals surface area (Å²) in [4.78, 5) is 29.6. The lowest BCUT2D eigenvalue weighted by Gasteiger charge is -2.38. The van der Waals surface area contributed by atoms with Gasteiger partial charge in [0.2, 0.25) is 11.8 Å². The van der Waals surface area contributed by atoms with Crippen molar-refractivity contribution in [1.29, 1.82) is 0 Å². The summed E-state index contributed by atoms with van der Waals surface area (Å²) in [5, 5.41) is 0. The molecule has 3 atom stereocenters. The van der Waals surface area contributed by atoms with Crippen LogP contribution < -0.4 is 5.73 Å². The van der Waals surface area contributed by atoms with Gasteiger partial charge in [-0.2, -0.15) is 0 Å². The van der Waals surface area contributed by atoms with Crippen molar-refractivity contribution in [3.05, 3.63) is 35.9 Å². The molecule has 2 heterocycles. The maximum Gasteiger partial charge on any atom is 0.227 e. The number of piperidine rings is 2. The quantitative estimate of drug-likeness (QED) is 0.885. The van der Waals surface area contributed by atoms with Crippen molar-refractivity contribution in [3.63, 3.8) is 0 Å². The third kappa shape index (κ3) is 4.70. The van der Waals surface area contributed by atoms with Gasteiger partial charge in [0, 0.05) is 38.1 Å². The number of nitrogens with two attached hydrogens (primary N) is 1. The Morgan fingerprint density at radius 3 is 2.33 bits per heavy atom. The predicted molar refractivity (Wildman–Crippen MR) is 107 cm³/mol. The van der Waals surface area contributed by atoms with Crippen molar-refractivity contribution in [1.82, 2.24) is 9.80 Å². The number of hydrogen-bond donors (Lipinski definition) is 1. The molecule has 0 bridgehead atoms. The maximum absolute atomic E-state index is 12.9. The zero-order valence-corrected chi connectivity index (χ0v) is 16.6. The van der Waals surface area contributed by atoms with Crippen LogP contribution in [0.15, 0.2) is 30.3 Å². The van der Waals surface area contributed by atoms with E-state index >= 15 is 0 Å². The number of nitrogens with zero attached hydrogens (tertiary/aromatic N) is 2. The second-order valence-corrected chi connectivity index (χ2v) is 8.36. The van der Waals surface area contributed by atoms with Crippen LogP contribution in [-0.4, -0.2) is 47.8 Å². The maximum atomic E-state index is 12.9. The van der Waals surface area contributed by atoms with Crippen LogP contribution >= 0.6 is 0 Å². The van der Waals surface area contributed by atoms with E-state index in [2.05, 4.69) is 6.92 Å². The summed E-state index contributed by atoms with van der Waals surface area (Å²) < 4.78 is 0. The van der Waals surface area contributed by atoms with Crippen LogP contribution in [0.1, 0.15) is 51.1 Å². The highest BCUT2D eigenvalue weighted by Crippen LogP contribution is 2.26. The third-order valence-corrected chi connectivity index (χ3v) is 6.24. The Hall–Kier alpha value is -1.88. The molecule has 5 nitrogen and oxygen atoms in total. The fourth-order valence-corrected chi connectivity index (χ4v) is 4.40. The van der Waals surface area contributed by atoms with E-state index < -0.39 is 0 Å². The van der Waals surface area contributed by atoms with Crippen molar-refractivity contribution < 1.29 is 9.59 Å². The Labute approximate surface area is 162 Å². The molecule has 2 fully saturated rings. The highest BCUT2D eigenvalue weighted by Gasteiger charge is 2.34. The molecule has 2 aliphatic rings. The van der Waals surface area contributed by atoms with Gasteiger partial charge in [-0.25, -0.2) is 0 Å². The highest BCUT2D eigenvalue weighted by atomic mass is 16.2. The van der Waals surface area contributed by atoms with E-state index in [0.29, 0.717) is 24.9 Å². The van der Waals surface area contributed by atoms with E-state index in [1.54, 1.807) is 0 Å². The molecule has 0 aliphatic carbocycles. The zero-order valence-electron chi connectivity index (χ0n) is 16.6. The molecule has 3 unspecified atom stereocenters. The van der Waals surface area contributed by atoms with E-state index in [-0.39, 0.29) is 23.8 Å². The molecule has 27 heavy (non-hydrogen) atoms. The molecule has 2 amide bonds. The van der Waals surface area contributed by atoms with Gasteiger partial charge in [-0.1, -0.05) is 44.2 Å². The summed E-state index contributed by atoms with van der Waals surface area (Å²) in [6.07, 6.45) is 3.86. The Bertz CT molecular complexity index is 640. The first-order valence-electron chi connectivity index (χ1n) is 10.4. The number of carbonyl (C=O) groups is 2. The molecule has 0 spiro atoms. The summed E-state index contributed by atoms with van der Waals surface area (Å²) >= 11 is 0. The van der Waals surface area contributed by atoms with Gasteiger partial charge in [-0.15, -0.1) is 0 Å². The molecule has 1 aromatic rings. The largest absolute Gasteiger partial charge is 0.342 e. The van der Waals surface area contributed by atoms with E-state index in [0.717, 1.165) is 37.9 Å². The minimum Gasteiger partial charge on any atom is -0.342 e. The molecule has 2 aliphatic heterocycles. The summed E-state index contributed by atoms with van der Waals surface area (Å²) in [7, 11) is 0. The Morgan fingerprint density at radius 1 is 1.04 bits per heavy atom. The second kappa shape index (κ2) is 8.87. The SMILES string of the molecule is CC1CCCN(C(=O)C2CCN(C(=O)C(C)C(N)c3ccccc3)CC2)C1. The molecule has 1 aromatic carbocycles. The molecule has 0 radical (unpaired) electrons. The average molecular weight is 372 g/mol. The molecule has 0 saturated carbocycles. The van der Waals surface area contributed by atoms with E-state index in [4.69, 9.17) is 5.73 Å². The Kier molecular flexibility index (Phi) is 6.53. The summed E-state index contributed by atoms with van der Waals surface area (Å²) in [5.41, 5.74) is 7.31. The molecule has 2 saturated heterocycles. The molecular formula is C22H33N3O2. The monoisotopic (exact) mass is 371 g/mol. The van der Waals surface area contributed by atoms with E-state index in [1.165, 1.54) is 6.42 Å². The average Bonchev–Trinajstić information content (AvgIpc) is 2.72. The van der Waals surface area contributed by atoms with Gasteiger partial charge in [0.1, 0.15) is 0 Å². The van der Waals surface area contributed by atoms with Gasteiger partial charge in [0.05, 0.1) is 5.92 Å². The van der Waals surface area contributed by atoms with Gasteiger partial charge >= 0.3 is 0 Å². The molecule has 5 heteroatoms. The summed E-state index contributed by atoms with van der Waals surface area (Å²) in [6, 6.07) is 9.49. The molecular weight excluding hydrogens is 338 g/mol. The molecule has 148 valence electrons. The number of carbonyl (C=O) groups excluding carboxylic acids is 2. The first-order valence-corrected chi connectivity index (χ1v) is 10.4. The van der Waals surface area contributed by atoms with E-state index in [9.17, 15) is 9.59 Å². The van der Waals surface area contributed by atoms with Gasteiger partial charge in [0.15, 0.2) is 0 Å². The Balaban J connectivity index is 1.52. The topological polar surface area (TPSA) is 66.6 Å². The normalized spacial score (nSPS) is 23.7. The smallest absolute Gasteiger partial charge is 0.227 e. The lowest BCUT2D eigenvalue weighted by molar-refractivity contribution is -0.143. The number of amides is 2. The van der Waals surface area contributed by atoms with Crippen LogP contribution in [0.2, 0.25) is 0 Å². The number of hydrogen-bond acceptors (Lipinski definition) is 3. The van der Waals surface area contributed by atoms with Gasteiger partial charge < -0.3 is 15.5 Å². The fourth-order valence-electron chi connectivity index (χ4n) is 4.40. The third-order valence-electron chi connectivity index (χ3n) is 6.24. The first-order chi connectivity index (χ1) is 13.0. The lowest BCUT2D eigenvalue weighted by atomic mass is 9.90. The Morgan fingerprint density at radius 2 is 1.70 bits per heavy atom. The molecule has 0 aromatic heterocycles. The first kappa shape index (κ1) is 19.9. The van der Waals surface area contributed by atoms with Crippen molar-refractivity contribution in [2.75, 3.05) is 26.2 Å². The zero-order chi connectivity index (χ0) is 19.4.